The highest BCUT2D eigenvalue weighted by Gasteiger charge is 2.29. The molecule has 0 saturated carbocycles. The van der Waals surface area contributed by atoms with E-state index < -0.39 is 25.9 Å². The van der Waals surface area contributed by atoms with E-state index in [-0.39, 0.29) is 23.3 Å². The minimum absolute atomic E-state index is 0.00250. The predicted molar refractivity (Wildman–Crippen MR) is 69.6 cm³/mol. The van der Waals surface area contributed by atoms with Crippen LogP contribution < -0.4 is 10.0 Å². The van der Waals surface area contributed by atoms with E-state index in [0.717, 1.165) is 19.4 Å². The Hall–Kier alpha value is -0.180. The summed E-state index contributed by atoms with van der Waals surface area (Å²) in [6.07, 6.45) is 3.01. The molecule has 0 aromatic heterocycles. The maximum atomic E-state index is 11.9. The molecule has 6 nitrogen and oxygen atoms in total. The molecule has 2 rings (SSSR count). The summed E-state index contributed by atoms with van der Waals surface area (Å²) in [5, 5.41) is 3.13. The van der Waals surface area contributed by atoms with Crippen molar-refractivity contribution in [1.82, 2.24) is 10.0 Å². The molecule has 18 heavy (non-hydrogen) atoms. The lowest BCUT2D eigenvalue weighted by atomic mass is 10.2. The van der Waals surface area contributed by atoms with E-state index in [2.05, 4.69) is 10.0 Å². The molecule has 0 spiro atoms. The van der Waals surface area contributed by atoms with E-state index in [4.69, 9.17) is 0 Å². The molecule has 2 saturated heterocycles. The van der Waals surface area contributed by atoms with Gasteiger partial charge >= 0.3 is 0 Å². The van der Waals surface area contributed by atoms with E-state index in [9.17, 15) is 16.8 Å². The third kappa shape index (κ3) is 4.18. The quantitative estimate of drug-likeness (QED) is 0.711. The zero-order valence-corrected chi connectivity index (χ0v) is 11.9. The van der Waals surface area contributed by atoms with Gasteiger partial charge in [0.1, 0.15) is 0 Å². The van der Waals surface area contributed by atoms with Crippen molar-refractivity contribution in [2.75, 3.05) is 23.8 Å². The van der Waals surface area contributed by atoms with Crippen LogP contribution in [0.4, 0.5) is 0 Å². The lowest BCUT2D eigenvalue weighted by Crippen LogP contribution is -2.46. The number of hydrogen-bond donors (Lipinski definition) is 2. The summed E-state index contributed by atoms with van der Waals surface area (Å²) in [6, 6.07) is -0.446. The fourth-order valence-electron chi connectivity index (χ4n) is 2.58. The predicted octanol–water partition coefficient (Wildman–Crippen LogP) is -0.765. The van der Waals surface area contributed by atoms with Crippen LogP contribution in [0.3, 0.4) is 0 Å². The smallest absolute Gasteiger partial charge is 0.213 e. The molecule has 2 aliphatic rings. The molecule has 2 aliphatic heterocycles. The van der Waals surface area contributed by atoms with Gasteiger partial charge in [0.05, 0.1) is 17.3 Å². The van der Waals surface area contributed by atoms with Gasteiger partial charge in [-0.1, -0.05) is 0 Å². The van der Waals surface area contributed by atoms with Crippen LogP contribution in [-0.2, 0) is 19.9 Å². The second-order valence-electron chi connectivity index (χ2n) is 5.15. The molecule has 0 aromatic carbocycles. The Labute approximate surface area is 108 Å². The molecule has 106 valence electrons. The number of sulfone groups is 1. The van der Waals surface area contributed by atoms with Crippen LogP contribution in [0, 0.1) is 0 Å². The summed E-state index contributed by atoms with van der Waals surface area (Å²) < 4.78 is 49.3. The van der Waals surface area contributed by atoms with Gasteiger partial charge in [-0.25, -0.2) is 21.6 Å². The van der Waals surface area contributed by atoms with Crippen molar-refractivity contribution in [2.45, 2.75) is 37.8 Å². The lowest BCUT2D eigenvalue weighted by molar-refractivity contribution is 0.512. The van der Waals surface area contributed by atoms with E-state index in [0.29, 0.717) is 12.8 Å². The zero-order valence-electron chi connectivity index (χ0n) is 10.3. The summed E-state index contributed by atoms with van der Waals surface area (Å²) in [5.41, 5.74) is 0. The van der Waals surface area contributed by atoms with Gasteiger partial charge < -0.3 is 5.32 Å². The topological polar surface area (TPSA) is 92.3 Å². The van der Waals surface area contributed by atoms with E-state index in [1.807, 2.05) is 0 Å². The number of sulfonamides is 1. The lowest BCUT2D eigenvalue weighted by Gasteiger charge is -2.23. The average molecular weight is 296 g/mol. The summed E-state index contributed by atoms with van der Waals surface area (Å²) in [7, 11) is -6.47. The van der Waals surface area contributed by atoms with Crippen LogP contribution in [0.25, 0.3) is 0 Å². The molecule has 2 unspecified atom stereocenters. The summed E-state index contributed by atoms with van der Waals surface area (Å²) in [6.45, 7) is 0.859. The van der Waals surface area contributed by atoms with Gasteiger partial charge in [-0.2, -0.15) is 0 Å². The number of rotatable bonds is 4. The van der Waals surface area contributed by atoms with Gasteiger partial charge in [-0.05, 0) is 32.2 Å². The van der Waals surface area contributed by atoms with Crippen molar-refractivity contribution < 1.29 is 16.8 Å². The van der Waals surface area contributed by atoms with Gasteiger partial charge in [0.2, 0.25) is 10.0 Å². The van der Waals surface area contributed by atoms with Crippen LogP contribution >= 0.6 is 0 Å². The highest BCUT2D eigenvalue weighted by molar-refractivity contribution is 7.91. The Bertz CT molecular complexity index is 480. The SMILES string of the molecule is O=S1(=O)CCCC(NS(=O)(=O)CC2CCCN2)C1. The van der Waals surface area contributed by atoms with Crippen molar-refractivity contribution in [2.24, 2.45) is 0 Å². The maximum Gasteiger partial charge on any atom is 0.213 e. The first-order chi connectivity index (χ1) is 8.36. The largest absolute Gasteiger partial charge is 0.313 e. The Morgan fingerprint density at radius 1 is 1.22 bits per heavy atom. The fourth-order valence-corrected chi connectivity index (χ4v) is 5.94. The normalized spacial score (nSPS) is 32.4. The van der Waals surface area contributed by atoms with Crippen LogP contribution in [-0.4, -0.2) is 52.7 Å². The third-order valence-corrected chi connectivity index (χ3v) is 6.75. The van der Waals surface area contributed by atoms with Crippen molar-refractivity contribution in [3.63, 3.8) is 0 Å². The Morgan fingerprint density at radius 3 is 2.61 bits per heavy atom. The van der Waals surface area contributed by atoms with Gasteiger partial charge in [0.25, 0.3) is 0 Å². The van der Waals surface area contributed by atoms with Crippen LogP contribution in [0.5, 0.6) is 0 Å². The van der Waals surface area contributed by atoms with Crippen LogP contribution in [0.2, 0.25) is 0 Å². The Kier molecular flexibility index (Phi) is 4.30. The van der Waals surface area contributed by atoms with Gasteiger partial charge in [0, 0.05) is 12.1 Å². The molecule has 0 aromatic rings. The van der Waals surface area contributed by atoms with Crippen molar-refractivity contribution in [3.8, 4) is 0 Å². The molecule has 0 amide bonds. The minimum atomic E-state index is -3.39. The van der Waals surface area contributed by atoms with Crippen molar-refractivity contribution in [3.05, 3.63) is 0 Å². The zero-order chi connectivity index (χ0) is 13.2. The highest BCUT2D eigenvalue weighted by Crippen LogP contribution is 2.14. The monoisotopic (exact) mass is 296 g/mol. The fraction of sp³-hybridized carbons (Fsp3) is 1.00. The molecule has 2 fully saturated rings. The standard InChI is InChI=1S/C10H20N2O4S2/c13-17(14)6-2-4-10(7-17)12-18(15,16)8-9-3-1-5-11-9/h9-12H,1-8H2. The van der Waals surface area contributed by atoms with Crippen molar-refractivity contribution in [1.29, 1.82) is 0 Å². The second-order valence-corrected chi connectivity index (χ2v) is 9.17. The molecule has 2 atom stereocenters. The molecule has 0 bridgehead atoms. The van der Waals surface area contributed by atoms with Gasteiger partial charge in [-0.15, -0.1) is 0 Å². The molecule has 2 N–H and O–H groups in total. The van der Waals surface area contributed by atoms with E-state index in [1.54, 1.807) is 0 Å². The molecular weight excluding hydrogens is 276 g/mol. The maximum absolute atomic E-state index is 11.9. The summed E-state index contributed by atoms with van der Waals surface area (Å²) >= 11 is 0. The molecule has 0 radical (unpaired) electrons. The minimum Gasteiger partial charge on any atom is -0.313 e. The highest BCUT2D eigenvalue weighted by atomic mass is 32.2. The van der Waals surface area contributed by atoms with Gasteiger partial charge in [0.15, 0.2) is 9.84 Å². The Balaban J connectivity index is 1.91. The second kappa shape index (κ2) is 5.44. The first-order valence-corrected chi connectivity index (χ1v) is 9.77. The summed E-state index contributed by atoms with van der Waals surface area (Å²) in [5.74, 6) is 0.156. The molecule has 0 aliphatic carbocycles. The molecule has 2 heterocycles. The van der Waals surface area contributed by atoms with E-state index >= 15 is 0 Å². The van der Waals surface area contributed by atoms with Gasteiger partial charge in [-0.3, -0.25) is 0 Å². The first kappa shape index (κ1) is 14.2. The first-order valence-electron chi connectivity index (χ1n) is 6.30. The third-order valence-electron chi connectivity index (χ3n) is 3.39. The van der Waals surface area contributed by atoms with Crippen LogP contribution in [0.15, 0.2) is 0 Å². The van der Waals surface area contributed by atoms with Crippen LogP contribution in [0.1, 0.15) is 25.7 Å². The van der Waals surface area contributed by atoms with Crippen molar-refractivity contribution >= 4 is 19.9 Å². The van der Waals surface area contributed by atoms with E-state index in [1.165, 1.54) is 0 Å². The summed E-state index contributed by atoms with van der Waals surface area (Å²) in [4.78, 5) is 0. The molecule has 8 heteroatoms. The Morgan fingerprint density at radius 2 is 2.00 bits per heavy atom. The number of hydrogen-bond acceptors (Lipinski definition) is 5. The number of nitrogens with one attached hydrogen (secondary N) is 2. The molecular formula is C10H20N2O4S2. The average Bonchev–Trinajstić information content (AvgIpc) is 2.66.